The van der Waals surface area contributed by atoms with E-state index >= 15 is 0 Å². The Kier molecular flexibility index (Phi) is 6.12. The Morgan fingerprint density at radius 2 is 1.90 bits per heavy atom. The van der Waals surface area contributed by atoms with Crippen molar-refractivity contribution in [3.8, 4) is 6.07 Å². The average molecular weight is 387 g/mol. The van der Waals surface area contributed by atoms with Crippen molar-refractivity contribution < 1.29 is 14.3 Å². The number of rotatable bonds is 6. The number of aromatic nitrogens is 2. The van der Waals surface area contributed by atoms with Crippen LogP contribution in [0.3, 0.4) is 0 Å². The van der Waals surface area contributed by atoms with Gasteiger partial charge in [0.05, 0.1) is 23.8 Å². The third-order valence-corrected chi connectivity index (χ3v) is 3.79. The molecule has 0 atom stereocenters. The van der Waals surface area contributed by atoms with Crippen molar-refractivity contribution in [1.29, 1.82) is 5.26 Å². The second-order valence-electron chi connectivity index (χ2n) is 5.84. The second-order valence-corrected chi connectivity index (χ2v) is 5.84. The van der Waals surface area contributed by atoms with E-state index in [1.165, 1.54) is 12.3 Å². The minimum atomic E-state index is -0.428. The number of hydrogen-bond acceptors (Lipinski definition) is 7. The average Bonchev–Trinajstić information content (AvgIpc) is 2.75. The fourth-order valence-corrected chi connectivity index (χ4v) is 2.44. The van der Waals surface area contributed by atoms with Gasteiger partial charge in [-0.15, -0.1) is 0 Å². The molecule has 29 heavy (non-hydrogen) atoms. The number of hydrogen-bond donors (Lipinski definition) is 2. The highest BCUT2D eigenvalue weighted by atomic mass is 16.5. The molecule has 0 fully saturated rings. The van der Waals surface area contributed by atoms with E-state index in [4.69, 9.17) is 10.00 Å². The van der Waals surface area contributed by atoms with E-state index in [1.54, 1.807) is 55.5 Å². The standard InChI is InChI=1S/C21H17N5O3/c1-2-29-20(28)15-6-8-16(9-7-15)25-21-23-11-10-18(26-21)19(27)24-17-5-3-4-14(12-17)13-22/h3-12H,2H2,1H3,(H,24,27)(H,23,25,26). The summed E-state index contributed by atoms with van der Waals surface area (Å²) in [5.74, 6) is -0.593. The van der Waals surface area contributed by atoms with E-state index in [0.29, 0.717) is 29.1 Å². The topological polar surface area (TPSA) is 117 Å². The Morgan fingerprint density at radius 3 is 2.62 bits per heavy atom. The van der Waals surface area contributed by atoms with Crippen LogP contribution in [0.2, 0.25) is 0 Å². The van der Waals surface area contributed by atoms with Gasteiger partial charge in [0.15, 0.2) is 0 Å². The summed E-state index contributed by atoms with van der Waals surface area (Å²) in [7, 11) is 0. The number of carbonyl (C=O) groups excluding carboxylic acids is 2. The first kappa shape index (κ1) is 19.5. The highest BCUT2D eigenvalue weighted by molar-refractivity contribution is 6.03. The number of nitriles is 1. The van der Waals surface area contributed by atoms with Gasteiger partial charge in [0.25, 0.3) is 5.91 Å². The molecule has 0 saturated carbocycles. The molecular formula is C21H17N5O3. The molecule has 0 aliphatic rings. The molecule has 0 bridgehead atoms. The van der Waals surface area contributed by atoms with Crippen molar-refractivity contribution in [2.45, 2.75) is 6.92 Å². The first-order valence-corrected chi connectivity index (χ1v) is 8.78. The van der Waals surface area contributed by atoms with Crippen LogP contribution in [0.15, 0.2) is 60.8 Å². The van der Waals surface area contributed by atoms with Gasteiger partial charge >= 0.3 is 5.97 Å². The van der Waals surface area contributed by atoms with E-state index in [1.807, 2.05) is 6.07 Å². The van der Waals surface area contributed by atoms with Gasteiger partial charge in [0.1, 0.15) is 5.69 Å². The lowest BCUT2D eigenvalue weighted by Gasteiger charge is -2.08. The van der Waals surface area contributed by atoms with Crippen LogP contribution in [0.25, 0.3) is 0 Å². The van der Waals surface area contributed by atoms with Crippen molar-refractivity contribution in [3.05, 3.63) is 77.6 Å². The minimum Gasteiger partial charge on any atom is -0.462 e. The first-order valence-electron chi connectivity index (χ1n) is 8.78. The number of amides is 1. The van der Waals surface area contributed by atoms with Gasteiger partial charge in [0.2, 0.25) is 5.95 Å². The zero-order valence-electron chi connectivity index (χ0n) is 15.5. The monoisotopic (exact) mass is 387 g/mol. The molecule has 0 radical (unpaired) electrons. The number of nitrogens with zero attached hydrogens (tertiary/aromatic N) is 3. The van der Waals surface area contributed by atoms with Crippen molar-refractivity contribution >= 4 is 29.2 Å². The summed E-state index contributed by atoms with van der Waals surface area (Å²) in [6, 6.07) is 16.7. The van der Waals surface area contributed by atoms with Gasteiger partial charge in [0, 0.05) is 17.6 Å². The summed E-state index contributed by atoms with van der Waals surface area (Å²) in [4.78, 5) is 32.4. The Labute approximate surface area is 167 Å². The number of esters is 1. The lowest BCUT2D eigenvalue weighted by molar-refractivity contribution is 0.0526. The highest BCUT2D eigenvalue weighted by Crippen LogP contribution is 2.16. The van der Waals surface area contributed by atoms with Crippen LogP contribution in [0.5, 0.6) is 0 Å². The maximum atomic E-state index is 12.4. The van der Waals surface area contributed by atoms with Crippen LogP contribution in [-0.4, -0.2) is 28.5 Å². The molecular weight excluding hydrogens is 370 g/mol. The minimum absolute atomic E-state index is 0.160. The molecule has 1 amide bonds. The molecule has 0 spiro atoms. The SMILES string of the molecule is CCOC(=O)c1ccc(Nc2nccc(C(=O)Nc3cccc(C#N)c3)n2)cc1. The number of anilines is 3. The Bertz CT molecular complexity index is 1070. The third-order valence-electron chi connectivity index (χ3n) is 3.79. The molecule has 8 heteroatoms. The summed E-state index contributed by atoms with van der Waals surface area (Å²) in [5.41, 5.74) is 2.19. The number of carbonyl (C=O) groups is 2. The lowest BCUT2D eigenvalue weighted by atomic mass is 10.2. The molecule has 2 N–H and O–H groups in total. The number of benzene rings is 2. The molecule has 3 rings (SSSR count). The fraction of sp³-hybridized carbons (Fsp3) is 0.0952. The molecule has 1 heterocycles. The van der Waals surface area contributed by atoms with Crippen LogP contribution in [0.1, 0.15) is 33.3 Å². The van der Waals surface area contributed by atoms with E-state index in [2.05, 4.69) is 20.6 Å². The van der Waals surface area contributed by atoms with E-state index in [0.717, 1.165) is 0 Å². The molecule has 0 saturated heterocycles. The molecule has 8 nitrogen and oxygen atoms in total. The summed E-state index contributed by atoms with van der Waals surface area (Å²) in [6.45, 7) is 2.05. The molecule has 0 aliphatic carbocycles. The van der Waals surface area contributed by atoms with Crippen molar-refractivity contribution in [2.75, 3.05) is 17.2 Å². The first-order chi connectivity index (χ1) is 14.1. The number of ether oxygens (including phenoxy) is 1. The van der Waals surface area contributed by atoms with Crippen LogP contribution in [0, 0.1) is 11.3 Å². The zero-order valence-corrected chi connectivity index (χ0v) is 15.5. The van der Waals surface area contributed by atoms with Crippen molar-refractivity contribution in [2.24, 2.45) is 0 Å². The maximum Gasteiger partial charge on any atom is 0.338 e. The van der Waals surface area contributed by atoms with Crippen molar-refractivity contribution in [1.82, 2.24) is 9.97 Å². The number of nitrogens with one attached hydrogen (secondary N) is 2. The molecule has 2 aromatic carbocycles. The van der Waals surface area contributed by atoms with E-state index < -0.39 is 11.9 Å². The van der Waals surface area contributed by atoms with Crippen LogP contribution < -0.4 is 10.6 Å². The Hall–Kier alpha value is -4.25. The molecule has 1 aromatic heterocycles. The van der Waals surface area contributed by atoms with Crippen LogP contribution >= 0.6 is 0 Å². The highest BCUT2D eigenvalue weighted by Gasteiger charge is 2.11. The zero-order chi connectivity index (χ0) is 20.6. The maximum absolute atomic E-state index is 12.4. The molecule has 144 valence electrons. The van der Waals surface area contributed by atoms with Crippen LogP contribution in [-0.2, 0) is 4.74 Å². The smallest absolute Gasteiger partial charge is 0.338 e. The molecule has 0 aliphatic heterocycles. The van der Waals surface area contributed by atoms with E-state index in [9.17, 15) is 9.59 Å². The van der Waals surface area contributed by atoms with Crippen molar-refractivity contribution in [3.63, 3.8) is 0 Å². The molecule has 3 aromatic rings. The van der Waals surface area contributed by atoms with Gasteiger partial charge in [-0.3, -0.25) is 4.79 Å². The lowest BCUT2D eigenvalue weighted by Crippen LogP contribution is -2.14. The quantitative estimate of drug-likeness (QED) is 0.621. The van der Waals surface area contributed by atoms with E-state index in [-0.39, 0.29) is 11.6 Å². The largest absolute Gasteiger partial charge is 0.462 e. The van der Waals surface area contributed by atoms with Gasteiger partial charge in [-0.1, -0.05) is 6.07 Å². The predicted molar refractivity (Wildman–Crippen MR) is 107 cm³/mol. The Morgan fingerprint density at radius 1 is 1.10 bits per heavy atom. The summed E-state index contributed by atoms with van der Waals surface area (Å²) in [5, 5.41) is 14.6. The van der Waals surface area contributed by atoms with Gasteiger partial charge in [-0.25, -0.2) is 14.8 Å². The molecule has 0 unspecified atom stereocenters. The fourth-order valence-electron chi connectivity index (χ4n) is 2.44. The second kappa shape index (κ2) is 9.10. The van der Waals surface area contributed by atoms with Gasteiger partial charge in [-0.2, -0.15) is 5.26 Å². The summed E-state index contributed by atoms with van der Waals surface area (Å²) >= 11 is 0. The van der Waals surface area contributed by atoms with Crippen LogP contribution in [0.4, 0.5) is 17.3 Å². The normalized spacial score (nSPS) is 9.93. The summed E-state index contributed by atoms with van der Waals surface area (Å²) < 4.78 is 4.95. The van der Waals surface area contributed by atoms with Gasteiger partial charge < -0.3 is 15.4 Å². The predicted octanol–water partition coefficient (Wildman–Crippen LogP) is 3.52. The van der Waals surface area contributed by atoms with Gasteiger partial charge in [-0.05, 0) is 55.5 Å². The third kappa shape index (κ3) is 5.14. The summed E-state index contributed by atoms with van der Waals surface area (Å²) in [6.07, 6.45) is 1.46. The Balaban J connectivity index is 1.69.